The largest absolute Gasteiger partial charge is 0.463 e. The van der Waals surface area contributed by atoms with Gasteiger partial charge in [0, 0.05) is 25.7 Å². The molecule has 1 fully saturated rings. The minimum atomic E-state index is -1.70. The van der Waals surface area contributed by atoms with Crippen LogP contribution in [0.15, 0.2) is 0 Å². The van der Waals surface area contributed by atoms with Gasteiger partial charge in [0.15, 0.2) is 24.6 Å². The highest BCUT2D eigenvalue weighted by molar-refractivity contribution is 5.72. The number of rotatable bonds is 13. The molecule has 208 valence electrons. The molecule has 0 saturated carbocycles. The van der Waals surface area contributed by atoms with Crippen molar-refractivity contribution in [3.8, 4) is 0 Å². The van der Waals surface area contributed by atoms with Gasteiger partial charge in [0.05, 0.1) is 0 Å². The third-order valence-electron chi connectivity index (χ3n) is 5.12. The summed E-state index contributed by atoms with van der Waals surface area (Å²) in [6, 6.07) is 0. The average Bonchev–Trinajstić information content (AvgIpc) is 2.69. The first kappa shape index (κ1) is 31.8. The smallest absolute Gasteiger partial charge is 0.306 e. The minimum Gasteiger partial charge on any atom is -0.463 e. The number of aliphatic hydroxyl groups is 1. The van der Waals surface area contributed by atoms with Gasteiger partial charge in [-0.15, -0.1) is 0 Å². The Kier molecular flexibility index (Phi) is 13.4. The topological polar surface area (TPSA) is 135 Å². The average molecular weight is 517 g/mol. The van der Waals surface area contributed by atoms with Crippen LogP contribution in [-0.2, 0) is 42.9 Å². The highest BCUT2D eigenvalue weighted by atomic mass is 16.7. The lowest BCUT2D eigenvalue weighted by atomic mass is 9.97. The number of ether oxygens (including phenoxy) is 5. The summed E-state index contributed by atoms with van der Waals surface area (Å²) in [4.78, 5) is 49.8. The van der Waals surface area contributed by atoms with E-state index < -0.39 is 54.6 Å². The molecule has 5 atom stereocenters. The summed E-state index contributed by atoms with van der Waals surface area (Å²) in [5, 5.41) is 10.7. The summed E-state index contributed by atoms with van der Waals surface area (Å²) in [6.45, 7) is 14.4. The molecule has 0 aromatic heterocycles. The van der Waals surface area contributed by atoms with Crippen LogP contribution in [0.4, 0.5) is 0 Å². The number of carbonyl (C=O) groups is 4. The number of carbonyl (C=O) groups excluding carboxylic acids is 4. The highest BCUT2D eigenvalue weighted by Crippen LogP contribution is 2.29. The Morgan fingerprint density at radius 2 is 0.972 bits per heavy atom. The predicted molar refractivity (Wildman–Crippen MR) is 129 cm³/mol. The van der Waals surface area contributed by atoms with Crippen molar-refractivity contribution < 1.29 is 48.0 Å². The van der Waals surface area contributed by atoms with Crippen LogP contribution in [0, 0.1) is 23.7 Å². The van der Waals surface area contributed by atoms with E-state index in [4.69, 9.17) is 23.7 Å². The van der Waals surface area contributed by atoms with Crippen LogP contribution in [0.2, 0.25) is 0 Å². The highest BCUT2D eigenvalue weighted by Gasteiger charge is 2.52. The van der Waals surface area contributed by atoms with Gasteiger partial charge in [0.2, 0.25) is 0 Å². The van der Waals surface area contributed by atoms with E-state index in [2.05, 4.69) is 0 Å². The molecule has 10 nitrogen and oxygen atoms in total. The molecule has 10 heteroatoms. The molecule has 0 unspecified atom stereocenters. The first-order chi connectivity index (χ1) is 16.7. The normalized spacial score (nSPS) is 24.2. The first-order valence-electron chi connectivity index (χ1n) is 12.8. The van der Waals surface area contributed by atoms with Gasteiger partial charge in [-0.2, -0.15) is 0 Å². The molecule has 1 heterocycles. The molecule has 0 spiro atoms. The van der Waals surface area contributed by atoms with Crippen molar-refractivity contribution in [3.05, 3.63) is 0 Å². The first-order valence-corrected chi connectivity index (χ1v) is 12.8. The van der Waals surface area contributed by atoms with E-state index in [1.54, 1.807) is 0 Å². The summed E-state index contributed by atoms with van der Waals surface area (Å²) in [6.07, 6.45) is -6.58. The van der Waals surface area contributed by atoms with E-state index >= 15 is 0 Å². The minimum absolute atomic E-state index is 0.0171. The summed E-state index contributed by atoms with van der Waals surface area (Å²) in [7, 11) is 0. The maximum atomic E-state index is 12.6. The van der Waals surface area contributed by atoms with Gasteiger partial charge in [-0.25, -0.2) is 0 Å². The van der Waals surface area contributed by atoms with Crippen molar-refractivity contribution in [2.24, 2.45) is 23.7 Å². The van der Waals surface area contributed by atoms with Crippen molar-refractivity contribution >= 4 is 23.9 Å². The fraction of sp³-hybridized carbons (Fsp3) is 0.846. The molecule has 36 heavy (non-hydrogen) atoms. The number of hydrogen-bond acceptors (Lipinski definition) is 10. The Labute approximate surface area is 214 Å². The molecule has 0 radical (unpaired) electrons. The van der Waals surface area contributed by atoms with Crippen LogP contribution >= 0.6 is 0 Å². The molecule has 0 amide bonds. The van der Waals surface area contributed by atoms with E-state index in [-0.39, 0.29) is 56.0 Å². The van der Waals surface area contributed by atoms with Gasteiger partial charge in [0.1, 0.15) is 12.7 Å². The Balaban J connectivity index is 3.28. The quantitative estimate of drug-likeness (QED) is 0.287. The zero-order valence-corrected chi connectivity index (χ0v) is 22.9. The van der Waals surface area contributed by atoms with Gasteiger partial charge in [-0.3, -0.25) is 19.2 Å². The predicted octanol–water partition coefficient (Wildman–Crippen LogP) is 3.17. The molecule has 1 aliphatic heterocycles. The van der Waals surface area contributed by atoms with Crippen LogP contribution in [0.3, 0.4) is 0 Å². The number of hydrogen-bond donors (Lipinski definition) is 1. The molecule has 1 aliphatic rings. The molecule has 0 aromatic carbocycles. The maximum Gasteiger partial charge on any atom is 0.306 e. The summed E-state index contributed by atoms with van der Waals surface area (Å²) in [5.41, 5.74) is 0. The fourth-order valence-electron chi connectivity index (χ4n) is 3.60. The molecule has 0 aliphatic carbocycles. The molecule has 1 saturated heterocycles. The standard InChI is InChI=1S/C26H44O10/c1-14(2)9-19(27)32-13-18-23(34-20(28)10-15(3)4)24(35-21(29)11-16(5)6)25(26(31)33-18)36-22(30)12-17(7)8/h14-18,23-26,31H,9-13H2,1-8H3/t18-,23-,24+,25-,26-/m1/s1. The SMILES string of the molecule is CC(C)CC(=O)OC[C@H]1O[C@@H](O)[C@H](OC(=O)CC(C)C)[C@@H](OC(=O)CC(C)C)[C@@H]1OC(=O)CC(C)C. The van der Waals surface area contributed by atoms with Gasteiger partial charge < -0.3 is 28.8 Å². The fourth-order valence-corrected chi connectivity index (χ4v) is 3.60. The van der Waals surface area contributed by atoms with Crippen molar-refractivity contribution in [2.75, 3.05) is 6.61 Å². The lowest BCUT2D eigenvalue weighted by Crippen LogP contribution is -2.62. The third-order valence-corrected chi connectivity index (χ3v) is 5.12. The Morgan fingerprint density at radius 1 is 0.611 bits per heavy atom. The van der Waals surface area contributed by atoms with E-state index in [1.807, 2.05) is 55.4 Å². The van der Waals surface area contributed by atoms with Gasteiger partial charge in [-0.05, 0) is 23.7 Å². The van der Waals surface area contributed by atoms with Gasteiger partial charge >= 0.3 is 23.9 Å². The van der Waals surface area contributed by atoms with Crippen LogP contribution in [0.25, 0.3) is 0 Å². The van der Waals surface area contributed by atoms with Crippen molar-refractivity contribution in [1.82, 2.24) is 0 Å². The zero-order valence-electron chi connectivity index (χ0n) is 22.9. The lowest BCUT2D eigenvalue weighted by Gasteiger charge is -2.43. The molecular formula is C26H44O10. The summed E-state index contributed by atoms with van der Waals surface area (Å²) in [5.74, 6) is -2.33. The molecule has 1 rings (SSSR count). The monoisotopic (exact) mass is 516 g/mol. The van der Waals surface area contributed by atoms with Crippen LogP contribution in [-0.4, -0.2) is 66.3 Å². The number of esters is 4. The van der Waals surface area contributed by atoms with E-state index in [0.29, 0.717) is 0 Å². The van der Waals surface area contributed by atoms with E-state index in [0.717, 1.165) is 0 Å². The Hall–Kier alpha value is -2.20. The zero-order chi connectivity index (χ0) is 27.6. The number of aliphatic hydroxyl groups excluding tert-OH is 1. The summed E-state index contributed by atoms with van der Waals surface area (Å²) >= 11 is 0. The second kappa shape index (κ2) is 15.1. The summed E-state index contributed by atoms with van der Waals surface area (Å²) < 4.78 is 27.7. The Bertz CT molecular complexity index is 730. The molecule has 0 aromatic rings. The van der Waals surface area contributed by atoms with E-state index in [9.17, 15) is 24.3 Å². The van der Waals surface area contributed by atoms with Gasteiger partial charge in [-0.1, -0.05) is 55.4 Å². The third kappa shape index (κ3) is 11.7. The Morgan fingerprint density at radius 3 is 1.39 bits per heavy atom. The van der Waals surface area contributed by atoms with Crippen LogP contribution in [0.5, 0.6) is 0 Å². The second-order valence-corrected chi connectivity index (χ2v) is 11.0. The van der Waals surface area contributed by atoms with Gasteiger partial charge in [0.25, 0.3) is 0 Å². The van der Waals surface area contributed by atoms with Crippen molar-refractivity contribution in [2.45, 2.75) is 112 Å². The van der Waals surface area contributed by atoms with Crippen molar-refractivity contribution in [1.29, 1.82) is 0 Å². The van der Waals surface area contributed by atoms with Crippen LogP contribution in [0.1, 0.15) is 81.1 Å². The molecule has 0 bridgehead atoms. The lowest BCUT2D eigenvalue weighted by molar-refractivity contribution is -0.297. The molecular weight excluding hydrogens is 472 g/mol. The maximum absolute atomic E-state index is 12.6. The van der Waals surface area contributed by atoms with Crippen LogP contribution < -0.4 is 0 Å². The van der Waals surface area contributed by atoms with Crippen molar-refractivity contribution in [3.63, 3.8) is 0 Å². The second-order valence-electron chi connectivity index (χ2n) is 11.0. The molecule has 1 N–H and O–H groups in total. The van der Waals surface area contributed by atoms with E-state index in [1.165, 1.54) is 0 Å².